The molecule has 0 aromatic rings. The van der Waals surface area contributed by atoms with Crippen LogP contribution in [-0.4, -0.2) is 58.2 Å². The predicted octanol–water partition coefficient (Wildman–Crippen LogP) is -5.78. The van der Waals surface area contributed by atoms with Gasteiger partial charge in [-0.15, -0.1) is 0 Å². The fourth-order valence-corrected chi connectivity index (χ4v) is 3.45. The van der Waals surface area contributed by atoms with E-state index in [1.54, 1.807) is 6.92 Å². The number of rotatable bonds is 8. The number of hydrogen-bond donors (Lipinski definition) is 5. The van der Waals surface area contributed by atoms with Gasteiger partial charge in [0.05, 0.1) is 6.42 Å². The minimum Gasteiger partial charge on any atom is -1.00 e. The molecule has 0 saturated carbocycles. The van der Waals surface area contributed by atoms with Crippen molar-refractivity contribution < 1.29 is 131 Å². The molecular weight excluding hydrogens is 462 g/mol. The van der Waals surface area contributed by atoms with Gasteiger partial charge in [-0.2, -0.15) is 8.42 Å². The number of urea groups is 1. The van der Waals surface area contributed by atoms with Crippen LogP contribution in [0.5, 0.6) is 0 Å². The van der Waals surface area contributed by atoms with Gasteiger partial charge in [-0.3, -0.25) is 34.4 Å². The van der Waals surface area contributed by atoms with Crippen molar-refractivity contribution in [2.45, 2.75) is 51.7 Å². The molecule has 1 aliphatic heterocycles. The van der Waals surface area contributed by atoms with E-state index in [4.69, 9.17) is 14.8 Å². The van der Waals surface area contributed by atoms with E-state index in [-0.39, 0.29) is 89.7 Å². The molecule has 1 aliphatic rings. The van der Waals surface area contributed by atoms with Crippen LogP contribution in [0.2, 0.25) is 0 Å². The third-order valence-corrected chi connectivity index (χ3v) is 5.47. The zero-order valence-electron chi connectivity index (χ0n) is 19.6. The molecular formula is C15H26KN2NaO10S. The zero-order valence-corrected chi connectivity index (χ0v) is 23.5. The van der Waals surface area contributed by atoms with Crippen LogP contribution in [0.4, 0.5) is 4.79 Å². The number of carboxylic acid groups (broad SMARTS) is 2. The SMILES string of the molecule is CCCC(C)C1(CC)C(=O)NC(=O)NC1=O.O=C(O)CC(C(=O)O)S(=O)(=O)O.[H-].[H-].[K+].[Na+]. The second-order valence-corrected chi connectivity index (χ2v) is 7.79. The molecule has 0 bridgehead atoms. The number of carbonyl (C=O) groups is 5. The van der Waals surface area contributed by atoms with Gasteiger partial charge in [0, 0.05) is 0 Å². The number of imide groups is 2. The monoisotopic (exact) mass is 488 g/mol. The third kappa shape index (κ3) is 9.71. The Morgan fingerprint density at radius 1 is 1.10 bits per heavy atom. The van der Waals surface area contributed by atoms with Gasteiger partial charge in [-0.05, 0) is 18.8 Å². The Balaban J connectivity index is -0.000000139. The molecule has 0 aliphatic carbocycles. The smallest absolute Gasteiger partial charge is 1.00 e. The van der Waals surface area contributed by atoms with Crippen molar-refractivity contribution in [3.05, 3.63) is 0 Å². The van der Waals surface area contributed by atoms with Gasteiger partial charge in [0.15, 0.2) is 5.25 Å². The van der Waals surface area contributed by atoms with Crippen molar-refractivity contribution in [3.8, 4) is 0 Å². The molecule has 2 unspecified atom stereocenters. The van der Waals surface area contributed by atoms with Gasteiger partial charge < -0.3 is 13.1 Å². The van der Waals surface area contributed by atoms with Crippen molar-refractivity contribution in [2.24, 2.45) is 11.3 Å². The van der Waals surface area contributed by atoms with E-state index < -0.39 is 57.0 Å². The summed E-state index contributed by atoms with van der Waals surface area (Å²) in [6, 6.07) is -0.720. The number of nitrogens with one attached hydrogen (secondary N) is 2. The van der Waals surface area contributed by atoms with Gasteiger partial charge >= 0.3 is 98.9 Å². The van der Waals surface area contributed by atoms with Crippen molar-refractivity contribution >= 4 is 39.9 Å². The normalized spacial score (nSPS) is 16.9. The first-order valence-electron chi connectivity index (χ1n) is 8.31. The molecule has 0 spiro atoms. The summed E-state index contributed by atoms with van der Waals surface area (Å²) < 4.78 is 28.7. The Morgan fingerprint density at radius 3 is 1.77 bits per heavy atom. The molecule has 1 heterocycles. The van der Waals surface area contributed by atoms with E-state index >= 15 is 0 Å². The first-order chi connectivity index (χ1) is 12.7. The third-order valence-electron chi connectivity index (χ3n) is 4.38. The summed E-state index contributed by atoms with van der Waals surface area (Å²) in [5.41, 5.74) is -1.09. The van der Waals surface area contributed by atoms with Crippen molar-refractivity contribution in [1.82, 2.24) is 10.6 Å². The minimum atomic E-state index is -4.84. The van der Waals surface area contributed by atoms with Gasteiger partial charge in [0.25, 0.3) is 10.1 Å². The van der Waals surface area contributed by atoms with Crippen molar-refractivity contribution in [1.29, 1.82) is 0 Å². The van der Waals surface area contributed by atoms with E-state index in [2.05, 4.69) is 10.6 Å². The Hall–Kier alpha value is 0.0964. The molecule has 0 radical (unpaired) electrons. The van der Waals surface area contributed by atoms with Crippen LogP contribution in [0, 0.1) is 11.3 Å². The molecule has 1 fully saturated rings. The largest absolute Gasteiger partial charge is 1.00 e. The average molecular weight is 489 g/mol. The van der Waals surface area contributed by atoms with Gasteiger partial charge in [0.2, 0.25) is 11.8 Å². The molecule has 15 heteroatoms. The van der Waals surface area contributed by atoms with E-state index in [1.165, 1.54) is 0 Å². The quantitative estimate of drug-likeness (QED) is 0.124. The maximum Gasteiger partial charge on any atom is 1.00 e. The van der Waals surface area contributed by atoms with Crippen LogP contribution in [-0.2, 0) is 29.3 Å². The van der Waals surface area contributed by atoms with Crippen molar-refractivity contribution in [2.75, 3.05) is 0 Å². The number of carboxylic acids is 2. The fourth-order valence-electron chi connectivity index (χ4n) is 2.84. The Bertz CT molecular complexity index is 749. The summed E-state index contributed by atoms with van der Waals surface area (Å²) in [6.07, 6.45) is 0.924. The molecule has 1 saturated heterocycles. The molecule has 4 amide bonds. The van der Waals surface area contributed by atoms with E-state index in [0.29, 0.717) is 6.42 Å². The van der Waals surface area contributed by atoms with Crippen LogP contribution in [0.1, 0.15) is 49.3 Å². The summed E-state index contributed by atoms with van der Waals surface area (Å²) in [4.78, 5) is 54.8. The van der Waals surface area contributed by atoms with Gasteiger partial charge in [-0.1, -0.05) is 27.2 Å². The Morgan fingerprint density at radius 2 is 1.53 bits per heavy atom. The van der Waals surface area contributed by atoms with E-state index in [1.807, 2.05) is 13.8 Å². The van der Waals surface area contributed by atoms with Crippen LogP contribution in [0.15, 0.2) is 0 Å². The topological polar surface area (TPSA) is 204 Å². The maximum atomic E-state index is 11.9. The van der Waals surface area contributed by atoms with Gasteiger partial charge in [-0.25, -0.2) is 4.79 Å². The summed E-state index contributed by atoms with van der Waals surface area (Å²) in [6.45, 7) is 5.67. The predicted molar refractivity (Wildman–Crippen MR) is 95.9 cm³/mol. The van der Waals surface area contributed by atoms with Crippen LogP contribution in [0.25, 0.3) is 0 Å². The molecule has 164 valence electrons. The molecule has 0 aromatic heterocycles. The minimum absolute atomic E-state index is 0. The second kappa shape index (κ2) is 15.0. The van der Waals surface area contributed by atoms with E-state index in [0.717, 1.165) is 12.8 Å². The number of amides is 4. The number of barbiturate groups is 1. The Kier molecular flexibility index (Phi) is 17.4. The first-order valence-corrected chi connectivity index (χ1v) is 9.82. The first kappa shape index (κ1) is 34.7. The van der Waals surface area contributed by atoms with Crippen LogP contribution >= 0.6 is 0 Å². The number of aliphatic carboxylic acids is 2. The zero-order chi connectivity index (χ0) is 22.3. The number of carbonyl (C=O) groups excluding carboxylic acids is 3. The average Bonchev–Trinajstić information content (AvgIpc) is 2.52. The standard InChI is InChI=1S/C11H18N2O3.C4H6O7S.K.Na.2H/c1-4-6-7(3)11(5-2)8(14)12-10(16)13-9(11)15;5-3(6)1-2(4(7)8)12(9,10)11;;;;/h7H,4-6H2,1-3H3,(H2,12,13,14,15,16);2H,1H2,(H,5,6)(H,7,8)(H,9,10,11);;;;/q;;2*+1;2*-1. The Labute approximate surface area is 241 Å². The van der Waals surface area contributed by atoms with E-state index in [9.17, 15) is 32.4 Å². The summed E-state index contributed by atoms with van der Waals surface area (Å²) in [5.74, 6) is -4.51. The summed E-state index contributed by atoms with van der Waals surface area (Å²) >= 11 is 0. The summed E-state index contributed by atoms with van der Waals surface area (Å²) in [5, 5.41) is 18.3. The molecule has 5 N–H and O–H groups in total. The number of hydrogen-bond acceptors (Lipinski definition) is 7. The van der Waals surface area contributed by atoms with Crippen LogP contribution in [0.3, 0.4) is 0 Å². The molecule has 2 atom stereocenters. The molecule has 0 aromatic carbocycles. The molecule has 1 rings (SSSR count). The maximum absolute atomic E-state index is 11.9. The van der Waals surface area contributed by atoms with Crippen molar-refractivity contribution in [3.63, 3.8) is 0 Å². The van der Waals surface area contributed by atoms with Gasteiger partial charge in [0.1, 0.15) is 5.41 Å². The summed E-state index contributed by atoms with van der Waals surface area (Å²) in [7, 11) is -4.84. The molecule has 30 heavy (non-hydrogen) atoms. The van der Waals surface area contributed by atoms with Crippen LogP contribution < -0.4 is 91.6 Å². The fraction of sp³-hybridized carbons (Fsp3) is 0.667. The second-order valence-electron chi connectivity index (χ2n) is 6.19. The molecule has 12 nitrogen and oxygen atoms in total.